The molecule has 1 aromatic carbocycles. The summed E-state index contributed by atoms with van der Waals surface area (Å²) in [5.41, 5.74) is 0.461. The van der Waals surface area contributed by atoms with Gasteiger partial charge in [0.15, 0.2) is 6.29 Å². The summed E-state index contributed by atoms with van der Waals surface area (Å²) in [7, 11) is 1.45. The van der Waals surface area contributed by atoms with Gasteiger partial charge in [0.1, 0.15) is 12.2 Å². The second-order valence-corrected chi connectivity index (χ2v) is 4.59. The lowest BCUT2D eigenvalue weighted by molar-refractivity contribution is -0.253. The van der Waals surface area contributed by atoms with Crippen LogP contribution in [0.3, 0.4) is 0 Å². The molecule has 104 valence electrons. The number of esters is 1. The van der Waals surface area contributed by atoms with Gasteiger partial charge in [-0.1, -0.05) is 18.2 Å². The zero-order valence-electron chi connectivity index (χ0n) is 11.0. The van der Waals surface area contributed by atoms with Crippen molar-refractivity contribution in [3.8, 4) is 0 Å². The van der Waals surface area contributed by atoms with E-state index in [-0.39, 0.29) is 6.10 Å². The molecule has 0 unspecified atom stereocenters. The fourth-order valence-electron chi connectivity index (χ4n) is 2.10. The molecular weight excluding hydrogens is 248 g/mol. The Kier molecular flexibility index (Phi) is 4.52. The molecule has 0 aromatic heterocycles. The van der Waals surface area contributed by atoms with Crippen LogP contribution in [0.15, 0.2) is 30.3 Å². The number of aliphatic hydroxyl groups is 1. The maximum atomic E-state index is 11.9. The summed E-state index contributed by atoms with van der Waals surface area (Å²) in [4.78, 5) is 11.9. The molecular formula is C14H18O5. The molecule has 4 atom stereocenters. The van der Waals surface area contributed by atoms with Crippen LogP contribution in [0, 0.1) is 0 Å². The Morgan fingerprint density at radius 2 is 2.05 bits per heavy atom. The van der Waals surface area contributed by atoms with Gasteiger partial charge in [0.25, 0.3) is 0 Å². The van der Waals surface area contributed by atoms with E-state index >= 15 is 0 Å². The highest BCUT2D eigenvalue weighted by atomic mass is 16.7. The van der Waals surface area contributed by atoms with E-state index in [1.165, 1.54) is 7.11 Å². The molecule has 0 spiro atoms. The number of hydrogen-bond donors (Lipinski definition) is 1. The first kappa shape index (κ1) is 14.0. The van der Waals surface area contributed by atoms with Crippen molar-refractivity contribution >= 4 is 5.97 Å². The molecule has 5 heteroatoms. The van der Waals surface area contributed by atoms with E-state index in [4.69, 9.17) is 14.2 Å². The molecule has 0 bridgehead atoms. The topological polar surface area (TPSA) is 65.0 Å². The summed E-state index contributed by atoms with van der Waals surface area (Å²) in [6, 6.07) is 8.69. The van der Waals surface area contributed by atoms with Gasteiger partial charge in [-0.25, -0.2) is 4.79 Å². The summed E-state index contributed by atoms with van der Waals surface area (Å²) < 4.78 is 15.8. The summed E-state index contributed by atoms with van der Waals surface area (Å²) in [5, 5.41) is 10.0. The number of methoxy groups -OCH3 is 1. The minimum Gasteiger partial charge on any atom is -0.456 e. The van der Waals surface area contributed by atoms with Crippen LogP contribution in [0.5, 0.6) is 0 Å². The van der Waals surface area contributed by atoms with Crippen LogP contribution in [0.4, 0.5) is 0 Å². The number of rotatable bonds is 3. The Hall–Kier alpha value is -1.43. The van der Waals surface area contributed by atoms with Crippen LogP contribution < -0.4 is 0 Å². The van der Waals surface area contributed by atoms with E-state index in [2.05, 4.69) is 0 Å². The monoisotopic (exact) mass is 266 g/mol. The first-order chi connectivity index (χ1) is 9.11. The summed E-state index contributed by atoms with van der Waals surface area (Å²) in [6.07, 6.45) is -2.06. The van der Waals surface area contributed by atoms with Gasteiger partial charge in [-0.05, 0) is 19.1 Å². The van der Waals surface area contributed by atoms with Gasteiger partial charge in [-0.15, -0.1) is 0 Å². The summed E-state index contributed by atoms with van der Waals surface area (Å²) in [5.74, 6) is -0.450. The maximum Gasteiger partial charge on any atom is 0.338 e. The van der Waals surface area contributed by atoms with Crippen molar-refractivity contribution in [1.29, 1.82) is 0 Å². The molecule has 0 aliphatic carbocycles. The molecule has 0 radical (unpaired) electrons. The average Bonchev–Trinajstić information content (AvgIpc) is 2.43. The first-order valence-corrected chi connectivity index (χ1v) is 6.24. The van der Waals surface area contributed by atoms with Crippen molar-refractivity contribution in [1.82, 2.24) is 0 Å². The number of ether oxygens (including phenoxy) is 3. The Morgan fingerprint density at radius 1 is 1.37 bits per heavy atom. The highest BCUT2D eigenvalue weighted by Gasteiger charge is 2.38. The van der Waals surface area contributed by atoms with Crippen molar-refractivity contribution in [3.63, 3.8) is 0 Å². The van der Waals surface area contributed by atoms with Crippen LogP contribution in [-0.2, 0) is 14.2 Å². The molecule has 5 nitrogen and oxygen atoms in total. The predicted octanol–water partition coefficient (Wildman–Crippen LogP) is 1.35. The quantitative estimate of drug-likeness (QED) is 0.837. The summed E-state index contributed by atoms with van der Waals surface area (Å²) >= 11 is 0. The fourth-order valence-corrected chi connectivity index (χ4v) is 2.10. The van der Waals surface area contributed by atoms with E-state index < -0.39 is 24.5 Å². The second kappa shape index (κ2) is 6.14. The Labute approximate surface area is 112 Å². The van der Waals surface area contributed by atoms with Gasteiger partial charge in [0, 0.05) is 13.5 Å². The van der Waals surface area contributed by atoms with Crippen molar-refractivity contribution in [2.24, 2.45) is 0 Å². The largest absolute Gasteiger partial charge is 0.456 e. The number of carbonyl (C=O) groups is 1. The molecule has 1 saturated heterocycles. The molecule has 1 fully saturated rings. The van der Waals surface area contributed by atoms with Crippen LogP contribution in [0.1, 0.15) is 23.7 Å². The highest BCUT2D eigenvalue weighted by molar-refractivity contribution is 5.89. The predicted molar refractivity (Wildman–Crippen MR) is 67.6 cm³/mol. The molecule has 2 rings (SSSR count). The molecule has 1 heterocycles. The van der Waals surface area contributed by atoms with Crippen LogP contribution >= 0.6 is 0 Å². The highest BCUT2D eigenvalue weighted by Crippen LogP contribution is 2.23. The zero-order chi connectivity index (χ0) is 13.8. The third-order valence-electron chi connectivity index (χ3n) is 3.09. The molecule has 1 aliphatic heterocycles. The number of benzene rings is 1. The molecule has 1 aromatic rings. The van der Waals surface area contributed by atoms with Crippen molar-refractivity contribution in [2.75, 3.05) is 7.11 Å². The van der Waals surface area contributed by atoms with Gasteiger partial charge in [0.05, 0.1) is 11.7 Å². The maximum absolute atomic E-state index is 11.9. The number of hydrogen-bond acceptors (Lipinski definition) is 5. The molecule has 0 amide bonds. The van der Waals surface area contributed by atoms with Gasteiger partial charge in [-0.2, -0.15) is 0 Å². The molecule has 1 aliphatic rings. The van der Waals surface area contributed by atoms with Crippen LogP contribution in [0.25, 0.3) is 0 Å². The zero-order valence-corrected chi connectivity index (χ0v) is 11.0. The van der Waals surface area contributed by atoms with Crippen LogP contribution in [0.2, 0.25) is 0 Å². The van der Waals surface area contributed by atoms with E-state index in [1.807, 2.05) is 13.0 Å². The summed E-state index contributed by atoms with van der Waals surface area (Å²) in [6.45, 7) is 1.85. The van der Waals surface area contributed by atoms with Gasteiger partial charge in [-0.3, -0.25) is 0 Å². The lowest BCUT2D eigenvalue weighted by atomic mass is 10.0. The van der Waals surface area contributed by atoms with Crippen molar-refractivity contribution in [2.45, 2.75) is 37.9 Å². The Bertz CT molecular complexity index is 419. The smallest absolute Gasteiger partial charge is 0.338 e. The lowest BCUT2D eigenvalue weighted by Gasteiger charge is -2.36. The van der Waals surface area contributed by atoms with E-state index in [9.17, 15) is 9.90 Å². The third kappa shape index (κ3) is 3.32. The van der Waals surface area contributed by atoms with Crippen LogP contribution in [-0.4, -0.2) is 42.8 Å². The standard InChI is InChI=1S/C14H18O5/c1-9-8-11(12(15)14(17-2)18-9)19-13(16)10-6-4-3-5-7-10/h3-7,9,11-12,14-15H,8H2,1-2H3/t9-,11+,12+,14+/m0/s1. The Morgan fingerprint density at radius 3 is 2.68 bits per heavy atom. The minimum absolute atomic E-state index is 0.137. The van der Waals surface area contributed by atoms with E-state index in [0.717, 1.165) is 0 Å². The SMILES string of the molecule is CO[C@@H]1O[C@@H](C)C[C@@H](OC(=O)c2ccccc2)[C@H]1O. The lowest BCUT2D eigenvalue weighted by Crippen LogP contribution is -2.50. The first-order valence-electron chi connectivity index (χ1n) is 6.24. The normalized spacial score (nSPS) is 30.9. The van der Waals surface area contributed by atoms with Gasteiger partial charge in [0.2, 0.25) is 0 Å². The minimum atomic E-state index is -0.978. The third-order valence-corrected chi connectivity index (χ3v) is 3.09. The number of aliphatic hydroxyl groups excluding tert-OH is 1. The fraction of sp³-hybridized carbons (Fsp3) is 0.500. The Balaban J connectivity index is 2.03. The van der Waals surface area contributed by atoms with Gasteiger partial charge >= 0.3 is 5.97 Å². The van der Waals surface area contributed by atoms with Gasteiger partial charge < -0.3 is 19.3 Å². The van der Waals surface area contributed by atoms with Crippen molar-refractivity contribution < 1.29 is 24.1 Å². The average molecular weight is 266 g/mol. The second-order valence-electron chi connectivity index (χ2n) is 4.59. The molecule has 19 heavy (non-hydrogen) atoms. The van der Waals surface area contributed by atoms with E-state index in [0.29, 0.717) is 12.0 Å². The molecule has 0 saturated carbocycles. The van der Waals surface area contributed by atoms with E-state index in [1.54, 1.807) is 24.3 Å². The van der Waals surface area contributed by atoms with Crippen molar-refractivity contribution in [3.05, 3.63) is 35.9 Å². The number of carbonyl (C=O) groups excluding carboxylic acids is 1. The molecule has 1 N–H and O–H groups in total.